The first kappa shape index (κ1) is 13.5. The monoisotopic (exact) mass is 238 g/mol. The van der Waals surface area contributed by atoms with Gasteiger partial charge in [0.25, 0.3) is 0 Å². The van der Waals surface area contributed by atoms with Crippen LogP contribution in [0.3, 0.4) is 0 Å². The number of carbonyl (C=O) groups excluding carboxylic acids is 1. The number of esters is 1. The standard InChI is InChI=1S/C13H18O4/c1-9(8-14)13(17-10(2)15)11-4-6-12(16-3)7-5-11/h4-7,9,13-14H,8H2,1-3H3/t9-,13-/m1/s1. The first-order valence-electron chi connectivity index (χ1n) is 5.50. The Morgan fingerprint density at radius 2 is 1.94 bits per heavy atom. The molecule has 0 saturated carbocycles. The number of ether oxygens (including phenoxy) is 2. The van der Waals surface area contributed by atoms with E-state index in [0.29, 0.717) is 0 Å². The molecule has 0 aromatic heterocycles. The molecule has 0 amide bonds. The highest BCUT2D eigenvalue weighted by molar-refractivity contribution is 5.66. The lowest BCUT2D eigenvalue weighted by Gasteiger charge is -2.22. The molecular weight excluding hydrogens is 220 g/mol. The molecule has 0 aliphatic rings. The summed E-state index contributed by atoms with van der Waals surface area (Å²) in [6.07, 6.45) is -0.427. The molecule has 0 aliphatic carbocycles. The first-order valence-corrected chi connectivity index (χ1v) is 5.50. The van der Waals surface area contributed by atoms with Crippen LogP contribution in [0.5, 0.6) is 5.75 Å². The molecule has 0 aliphatic heterocycles. The van der Waals surface area contributed by atoms with Crippen molar-refractivity contribution in [1.82, 2.24) is 0 Å². The molecule has 1 N–H and O–H groups in total. The molecule has 2 atom stereocenters. The van der Waals surface area contributed by atoms with Crippen LogP contribution in [0.15, 0.2) is 24.3 Å². The fourth-order valence-electron chi connectivity index (χ4n) is 1.58. The van der Waals surface area contributed by atoms with Crippen LogP contribution in [-0.4, -0.2) is 24.8 Å². The maximum absolute atomic E-state index is 11.0. The van der Waals surface area contributed by atoms with Crippen molar-refractivity contribution in [2.24, 2.45) is 5.92 Å². The molecule has 1 rings (SSSR count). The van der Waals surface area contributed by atoms with E-state index in [2.05, 4.69) is 0 Å². The average Bonchev–Trinajstić information content (AvgIpc) is 2.35. The van der Waals surface area contributed by atoms with E-state index in [9.17, 15) is 4.79 Å². The second-order valence-electron chi connectivity index (χ2n) is 3.96. The van der Waals surface area contributed by atoms with E-state index >= 15 is 0 Å². The van der Waals surface area contributed by atoms with Crippen LogP contribution in [-0.2, 0) is 9.53 Å². The van der Waals surface area contributed by atoms with E-state index in [1.165, 1.54) is 6.92 Å². The number of aliphatic hydroxyl groups excluding tert-OH is 1. The lowest BCUT2D eigenvalue weighted by atomic mass is 9.98. The molecular formula is C13H18O4. The third-order valence-electron chi connectivity index (χ3n) is 2.54. The highest BCUT2D eigenvalue weighted by Gasteiger charge is 2.21. The van der Waals surface area contributed by atoms with E-state index < -0.39 is 6.10 Å². The predicted octanol–water partition coefficient (Wildman–Crippen LogP) is 1.93. The average molecular weight is 238 g/mol. The van der Waals surface area contributed by atoms with Gasteiger partial charge in [0.1, 0.15) is 11.9 Å². The largest absolute Gasteiger partial charge is 0.497 e. The van der Waals surface area contributed by atoms with E-state index in [1.807, 2.05) is 19.1 Å². The molecule has 0 heterocycles. The van der Waals surface area contributed by atoms with Crippen LogP contribution >= 0.6 is 0 Å². The van der Waals surface area contributed by atoms with Crippen molar-refractivity contribution in [3.63, 3.8) is 0 Å². The highest BCUT2D eigenvalue weighted by Crippen LogP contribution is 2.27. The Kier molecular flexibility index (Phi) is 4.97. The molecule has 0 unspecified atom stereocenters. The fourth-order valence-corrected chi connectivity index (χ4v) is 1.58. The van der Waals surface area contributed by atoms with E-state index in [-0.39, 0.29) is 18.5 Å². The van der Waals surface area contributed by atoms with Gasteiger partial charge in [-0.3, -0.25) is 4.79 Å². The van der Waals surface area contributed by atoms with Crippen molar-refractivity contribution >= 4 is 5.97 Å². The van der Waals surface area contributed by atoms with Gasteiger partial charge in [0.05, 0.1) is 7.11 Å². The van der Waals surface area contributed by atoms with Gasteiger partial charge in [-0.1, -0.05) is 19.1 Å². The van der Waals surface area contributed by atoms with Gasteiger partial charge < -0.3 is 14.6 Å². The third kappa shape index (κ3) is 3.75. The van der Waals surface area contributed by atoms with Crippen LogP contribution < -0.4 is 4.74 Å². The van der Waals surface area contributed by atoms with Gasteiger partial charge in [-0.25, -0.2) is 0 Å². The summed E-state index contributed by atoms with van der Waals surface area (Å²) in [5.41, 5.74) is 0.850. The Labute approximate surface area is 101 Å². The van der Waals surface area contributed by atoms with E-state index in [4.69, 9.17) is 14.6 Å². The number of aliphatic hydroxyl groups is 1. The summed E-state index contributed by atoms with van der Waals surface area (Å²) in [7, 11) is 1.59. The number of carbonyl (C=O) groups is 1. The van der Waals surface area contributed by atoms with Crippen LogP contribution in [0.2, 0.25) is 0 Å². The zero-order valence-electron chi connectivity index (χ0n) is 10.3. The lowest BCUT2D eigenvalue weighted by Crippen LogP contribution is -2.19. The van der Waals surface area contributed by atoms with Gasteiger partial charge in [-0.15, -0.1) is 0 Å². The van der Waals surface area contributed by atoms with Crippen molar-refractivity contribution in [3.05, 3.63) is 29.8 Å². The molecule has 0 fully saturated rings. The summed E-state index contributed by atoms with van der Waals surface area (Å²) in [6, 6.07) is 7.27. The molecule has 0 saturated heterocycles. The minimum atomic E-state index is -0.427. The molecule has 0 radical (unpaired) electrons. The summed E-state index contributed by atoms with van der Waals surface area (Å²) < 4.78 is 10.3. The second kappa shape index (κ2) is 6.25. The van der Waals surface area contributed by atoms with Crippen LogP contribution in [0.25, 0.3) is 0 Å². The van der Waals surface area contributed by atoms with Crippen LogP contribution in [0.4, 0.5) is 0 Å². The number of methoxy groups -OCH3 is 1. The Hall–Kier alpha value is -1.55. The topological polar surface area (TPSA) is 55.8 Å². The molecule has 0 bridgehead atoms. The fraction of sp³-hybridized carbons (Fsp3) is 0.462. The second-order valence-corrected chi connectivity index (χ2v) is 3.96. The first-order chi connectivity index (χ1) is 8.08. The molecule has 1 aromatic carbocycles. The van der Waals surface area contributed by atoms with Gasteiger partial charge in [-0.2, -0.15) is 0 Å². The summed E-state index contributed by atoms with van der Waals surface area (Å²) in [5, 5.41) is 9.16. The normalized spacial score (nSPS) is 13.9. The highest BCUT2D eigenvalue weighted by atomic mass is 16.5. The molecule has 94 valence electrons. The molecule has 1 aromatic rings. The van der Waals surface area contributed by atoms with Crippen molar-refractivity contribution in [3.8, 4) is 5.75 Å². The molecule has 4 nitrogen and oxygen atoms in total. The maximum atomic E-state index is 11.0. The van der Waals surface area contributed by atoms with Gasteiger partial charge in [-0.05, 0) is 17.7 Å². The third-order valence-corrected chi connectivity index (χ3v) is 2.54. The van der Waals surface area contributed by atoms with Gasteiger partial charge in [0.2, 0.25) is 0 Å². The number of hydrogen-bond acceptors (Lipinski definition) is 4. The number of rotatable bonds is 5. The van der Waals surface area contributed by atoms with Crippen molar-refractivity contribution in [1.29, 1.82) is 0 Å². The van der Waals surface area contributed by atoms with Crippen LogP contribution in [0.1, 0.15) is 25.5 Å². The van der Waals surface area contributed by atoms with E-state index in [1.54, 1.807) is 19.2 Å². The van der Waals surface area contributed by atoms with Crippen LogP contribution in [0, 0.1) is 5.92 Å². The zero-order valence-corrected chi connectivity index (χ0v) is 10.3. The molecule has 0 spiro atoms. The Bertz CT molecular complexity index is 358. The summed E-state index contributed by atoms with van der Waals surface area (Å²) in [5.74, 6) is 0.241. The maximum Gasteiger partial charge on any atom is 0.303 e. The quantitative estimate of drug-likeness (QED) is 0.796. The number of hydrogen-bond donors (Lipinski definition) is 1. The lowest BCUT2D eigenvalue weighted by molar-refractivity contribution is -0.150. The molecule has 17 heavy (non-hydrogen) atoms. The minimum absolute atomic E-state index is 0.0377. The van der Waals surface area contributed by atoms with Crippen molar-refractivity contribution in [2.75, 3.05) is 13.7 Å². The SMILES string of the molecule is COc1ccc([C@H](OC(C)=O)[C@H](C)CO)cc1. The zero-order chi connectivity index (χ0) is 12.8. The Morgan fingerprint density at radius 1 is 1.35 bits per heavy atom. The Morgan fingerprint density at radius 3 is 2.35 bits per heavy atom. The summed E-state index contributed by atoms with van der Waals surface area (Å²) in [6.45, 7) is 3.16. The molecule has 4 heteroatoms. The van der Waals surface area contributed by atoms with Crippen molar-refractivity contribution in [2.45, 2.75) is 20.0 Å². The van der Waals surface area contributed by atoms with E-state index in [0.717, 1.165) is 11.3 Å². The summed E-state index contributed by atoms with van der Waals surface area (Å²) >= 11 is 0. The summed E-state index contributed by atoms with van der Waals surface area (Å²) in [4.78, 5) is 11.0. The van der Waals surface area contributed by atoms with Gasteiger partial charge in [0, 0.05) is 19.4 Å². The van der Waals surface area contributed by atoms with Gasteiger partial charge in [0.15, 0.2) is 0 Å². The van der Waals surface area contributed by atoms with Gasteiger partial charge >= 0.3 is 5.97 Å². The van der Waals surface area contributed by atoms with Crippen molar-refractivity contribution < 1.29 is 19.4 Å². The smallest absolute Gasteiger partial charge is 0.303 e. The predicted molar refractivity (Wildman–Crippen MR) is 63.8 cm³/mol. The Balaban J connectivity index is 2.91. The minimum Gasteiger partial charge on any atom is -0.497 e. The number of benzene rings is 1.